The molecule has 0 saturated carbocycles. The van der Waals surface area contributed by atoms with Gasteiger partial charge in [0, 0.05) is 56.3 Å². The summed E-state index contributed by atoms with van der Waals surface area (Å²) in [5, 5.41) is 4.83. The van der Waals surface area contributed by atoms with Crippen LogP contribution < -0.4 is 15.4 Å². The summed E-state index contributed by atoms with van der Waals surface area (Å²) in [6.07, 6.45) is -2.84. The van der Waals surface area contributed by atoms with Crippen molar-refractivity contribution in [3.8, 4) is 6.01 Å². The van der Waals surface area contributed by atoms with Crippen molar-refractivity contribution in [1.82, 2.24) is 34.4 Å². The predicted octanol–water partition coefficient (Wildman–Crippen LogP) is 5.27. The van der Waals surface area contributed by atoms with E-state index in [2.05, 4.69) is 31.8 Å². The van der Waals surface area contributed by atoms with Crippen molar-refractivity contribution in [2.24, 2.45) is 0 Å². The Morgan fingerprint density at radius 2 is 1.91 bits per heavy atom. The number of likely N-dealkylation sites (N-methyl/N-ethyl adjacent to an activating group) is 1. The number of benzene rings is 1. The van der Waals surface area contributed by atoms with E-state index < -0.39 is 41.1 Å². The first-order valence-corrected chi connectivity index (χ1v) is 18.5. The molecule has 5 aliphatic rings. The standard InChI is InChI=1S/C29H33ClF4N8O3.C7H12FN/c1-28(39(2)3)13-41(14-28)26(43)24-22(30)19-11-40(8-5-9-42(19)38-24)25-15-12-45-20(10-18(15)36-27(37-25)44-4)21-16(29(32,33)34)6-7-17(35)23(21)31;8-6-4-7-2-1-3-9(7)5-6/h6-7,20H,5,8-14,35H2,1-4H3;6-7H,1-5H2. The van der Waals surface area contributed by atoms with E-state index in [0.29, 0.717) is 68.0 Å². The Labute approximate surface area is 315 Å². The largest absolute Gasteiger partial charge is 0.467 e. The summed E-state index contributed by atoms with van der Waals surface area (Å²) in [6.45, 7) is 6.14. The van der Waals surface area contributed by atoms with Gasteiger partial charge >= 0.3 is 12.2 Å². The maximum absolute atomic E-state index is 15.1. The number of anilines is 2. The summed E-state index contributed by atoms with van der Waals surface area (Å²) in [4.78, 5) is 30.3. The second-order valence-corrected chi connectivity index (χ2v) is 15.6. The number of carbonyl (C=O) groups excluding carboxylic acids is 1. The lowest BCUT2D eigenvalue weighted by Crippen LogP contribution is -2.68. The molecule has 12 nitrogen and oxygen atoms in total. The lowest BCUT2D eigenvalue weighted by molar-refractivity contribution is -0.140. The molecule has 0 radical (unpaired) electrons. The van der Waals surface area contributed by atoms with Crippen LogP contribution >= 0.6 is 11.6 Å². The van der Waals surface area contributed by atoms with Gasteiger partial charge in [-0.1, -0.05) is 11.6 Å². The first-order chi connectivity index (χ1) is 25.6. The number of carbonyl (C=O) groups is 1. The van der Waals surface area contributed by atoms with Gasteiger partial charge in [0.25, 0.3) is 5.91 Å². The molecule has 8 rings (SSSR count). The van der Waals surface area contributed by atoms with E-state index in [1.165, 1.54) is 20.0 Å². The Morgan fingerprint density at radius 1 is 1.15 bits per heavy atom. The van der Waals surface area contributed by atoms with E-state index in [1.807, 2.05) is 19.0 Å². The summed E-state index contributed by atoms with van der Waals surface area (Å²) in [5.74, 6) is -0.966. The molecule has 0 bridgehead atoms. The minimum absolute atomic E-state index is 0.00469. The number of hydrogen-bond acceptors (Lipinski definition) is 10. The van der Waals surface area contributed by atoms with Gasteiger partial charge in [0.1, 0.15) is 12.0 Å². The van der Waals surface area contributed by atoms with Crippen LogP contribution in [0.5, 0.6) is 6.01 Å². The maximum Gasteiger partial charge on any atom is 0.416 e. The topological polar surface area (TPSA) is 118 Å². The molecule has 18 heteroatoms. The van der Waals surface area contributed by atoms with Crippen molar-refractivity contribution >= 4 is 29.0 Å². The van der Waals surface area contributed by atoms with Crippen molar-refractivity contribution in [1.29, 1.82) is 0 Å². The Balaban J connectivity index is 0.000000433. The lowest BCUT2D eigenvalue weighted by atomic mass is 9.90. The zero-order valence-electron chi connectivity index (χ0n) is 30.7. The number of rotatable bonds is 5. The molecule has 5 aliphatic heterocycles. The van der Waals surface area contributed by atoms with Gasteiger partial charge in [-0.15, -0.1) is 0 Å². The number of fused-ring (bicyclic) bond motifs is 3. The minimum atomic E-state index is -4.82. The smallest absolute Gasteiger partial charge is 0.416 e. The molecule has 3 fully saturated rings. The summed E-state index contributed by atoms with van der Waals surface area (Å²) in [6, 6.07) is 2.25. The summed E-state index contributed by atoms with van der Waals surface area (Å²) >= 11 is 6.80. The Hall–Kier alpha value is -3.80. The molecule has 1 amide bonds. The highest BCUT2D eigenvalue weighted by molar-refractivity contribution is 6.34. The molecule has 294 valence electrons. The van der Waals surface area contributed by atoms with Gasteiger partial charge in [-0.25, -0.2) is 8.78 Å². The van der Waals surface area contributed by atoms with Crippen LogP contribution in [0.15, 0.2) is 12.1 Å². The number of aryl methyl sites for hydroxylation is 1. The number of hydrogen-bond donors (Lipinski definition) is 1. The molecule has 3 saturated heterocycles. The van der Waals surface area contributed by atoms with Crippen molar-refractivity contribution in [3.05, 3.63) is 56.7 Å². The number of nitrogens with two attached hydrogens (primary N) is 1. The van der Waals surface area contributed by atoms with Crippen molar-refractivity contribution in [3.63, 3.8) is 0 Å². The molecular weight excluding hydrogens is 737 g/mol. The van der Waals surface area contributed by atoms with E-state index >= 15 is 4.39 Å². The normalized spacial score (nSPS) is 23.6. The van der Waals surface area contributed by atoms with Gasteiger partial charge in [-0.2, -0.15) is 28.2 Å². The van der Waals surface area contributed by atoms with Gasteiger partial charge in [-0.3, -0.25) is 14.4 Å². The lowest BCUT2D eigenvalue weighted by Gasteiger charge is -2.51. The molecule has 0 aliphatic carbocycles. The Morgan fingerprint density at radius 3 is 2.59 bits per heavy atom. The van der Waals surface area contributed by atoms with Crippen molar-refractivity contribution < 1.29 is 36.2 Å². The average molecular weight is 782 g/mol. The number of aromatic nitrogens is 4. The monoisotopic (exact) mass is 781 g/mol. The molecule has 2 N–H and O–H groups in total. The minimum Gasteiger partial charge on any atom is -0.467 e. The zero-order valence-corrected chi connectivity index (χ0v) is 31.5. The van der Waals surface area contributed by atoms with Gasteiger partial charge in [0.15, 0.2) is 11.5 Å². The molecule has 3 unspecified atom stereocenters. The number of alkyl halides is 4. The Bertz CT molecular complexity index is 1890. The van der Waals surface area contributed by atoms with Crippen LogP contribution in [0.2, 0.25) is 5.02 Å². The number of likely N-dealkylation sites (tertiary alicyclic amines) is 1. The third kappa shape index (κ3) is 7.19. The zero-order chi connectivity index (χ0) is 38.7. The number of amides is 1. The number of methoxy groups -OCH3 is 1. The maximum atomic E-state index is 15.1. The van der Waals surface area contributed by atoms with Crippen LogP contribution in [-0.4, -0.2) is 112 Å². The van der Waals surface area contributed by atoms with Gasteiger partial charge < -0.3 is 29.9 Å². The van der Waals surface area contributed by atoms with E-state index in [0.717, 1.165) is 25.1 Å². The second kappa shape index (κ2) is 14.7. The fraction of sp³-hybridized carbons (Fsp3) is 0.611. The highest BCUT2D eigenvalue weighted by Crippen LogP contribution is 2.43. The first-order valence-electron chi connectivity index (χ1n) is 18.1. The Kier molecular flexibility index (Phi) is 10.5. The van der Waals surface area contributed by atoms with Crippen LogP contribution in [0.1, 0.15) is 77.3 Å². The number of nitrogen functional groups attached to an aromatic ring is 1. The fourth-order valence-corrected chi connectivity index (χ4v) is 8.39. The van der Waals surface area contributed by atoms with Crippen molar-refractivity contribution in [2.45, 2.75) is 88.8 Å². The summed E-state index contributed by atoms with van der Waals surface area (Å²) in [7, 11) is 5.33. The number of halogens is 6. The van der Waals surface area contributed by atoms with Gasteiger partial charge in [0.2, 0.25) is 0 Å². The van der Waals surface area contributed by atoms with Crippen molar-refractivity contribution in [2.75, 3.05) is 64.6 Å². The summed E-state index contributed by atoms with van der Waals surface area (Å²) in [5.41, 5.74) is 5.01. The fourth-order valence-electron chi connectivity index (χ4n) is 8.12. The average Bonchev–Trinajstić information content (AvgIpc) is 3.73. The van der Waals surface area contributed by atoms with Gasteiger partial charge in [0.05, 0.1) is 59.6 Å². The van der Waals surface area contributed by atoms with Crippen LogP contribution in [-0.2, 0) is 37.0 Å². The number of nitrogens with zero attached hydrogens (tertiary/aromatic N) is 8. The predicted molar refractivity (Wildman–Crippen MR) is 191 cm³/mol. The van der Waals surface area contributed by atoms with Crippen LogP contribution in [0.4, 0.5) is 33.5 Å². The van der Waals surface area contributed by atoms with E-state index in [-0.39, 0.29) is 47.7 Å². The van der Waals surface area contributed by atoms with E-state index in [4.69, 9.17) is 26.8 Å². The first kappa shape index (κ1) is 38.5. The van der Waals surface area contributed by atoms with Gasteiger partial charge in [-0.05, 0) is 65.4 Å². The SMILES string of the molecule is COc1nc2c(c(N3CCCn4nc(C(=O)N5CC(C)(N(C)C)C5)c(Cl)c4C3)n1)COC(c1c(C(F)(F)F)ccc(N)c1F)C2.FC1CC2CCCN2C1. The highest BCUT2D eigenvalue weighted by Gasteiger charge is 2.45. The summed E-state index contributed by atoms with van der Waals surface area (Å²) < 4.78 is 82.2. The third-order valence-corrected chi connectivity index (χ3v) is 11.8. The molecule has 0 spiro atoms. The van der Waals surface area contributed by atoms with Crippen LogP contribution in [0.3, 0.4) is 0 Å². The molecule has 3 aromatic rings. The van der Waals surface area contributed by atoms with E-state index in [9.17, 15) is 22.4 Å². The quantitative estimate of drug-likeness (QED) is 0.271. The molecule has 7 heterocycles. The molecule has 1 aromatic carbocycles. The molecule has 54 heavy (non-hydrogen) atoms. The highest BCUT2D eigenvalue weighted by atomic mass is 35.5. The third-order valence-electron chi connectivity index (χ3n) is 11.4. The molecule has 2 aromatic heterocycles. The molecular formula is C36H45ClF5N9O3. The van der Waals surface area contributed by atoms with Crippen LogP contribution in [0, 0.1) is 5.82 Å². The number of ether oxygens (including phenoxy) is 2. The molecule has 3 atom stereocenters. The second-order valence-electron chi connectivity index (χ2n) is 15.2. The van der Waals surface area contributed by atoms with Crippen LogP contribution in [0.25, 0.3) is 0 Å². The van der Waals surface area contributed by atoms with E-state index in [1.54, 1.807) is 9.58 Å².